The number of Topliss-reactive ketones (excluding diaryl/α,β-unsaturated/α-hetero) is 1. The summed E-state index contributed by atoms with van der Waals surface area (Å²) in [5.41, 5.74) is 2.44. The molecule has 0 saturated heterocycles. The number of alkyl halides is 3. The van der Waals surface area contributed by atoms with Crippen molar-refractivity contribution in [2.75, 3.05) is 0 Å². The molecule has 1 heterocycles. The first-order valence-electron chi connectivity index (χ1n) is 9.10. The SMILES string of the molecule is [C-]#[N+]c1ccc(CC(=O)[C@@](C)(O)C(C)n2ncc3c(F)cccc32)cc1C(F)(F)F.[Es].[N-]=O. The van der Waals surface area contributed by atoms with E-state index in [0.717, 1.165) is 12.1 Å². The molecule has 3 rings (SSSR count). The fraction of sp³-hybridized carbons (Fsp3) is 0.286. The maximum Gasteiger partial charge on any atom is 0.407 e. The van der Waals surface area contributed by atoms with Crippen LogP contribution in [0.1, 0.15) is 31.0 Å². The van der Waals surface area contributed by atoms with Gasteiger partial charge in [0.05, 0.1) is 35.3 Å². The smallest absolute Gasteiger partial charge is 0.407 e. The molecule has 1 aromatic heterocycles. The van der Waals surface area contributed by atoms with Gasteiger partial charge in [-0.05, 0) is 31.5 Å². The van der Waals surface area contributed by atoms with Gasteiger partial charge in [-0.2, -0.15) is 18.3 Å². The van der Waals surface area contributed by atoms with Gasteiger partial charge in [0, 0.05) is 6.42 Å². The summed E-state index contributed by atoms with van der Waals surface area (Å²) < 4.78 is 54.7. The van der Waals surface area contributed by atoms with Crippen LogP contribution in [0.15, 0.2) is 42.6 Å². The van der Waals surface area contributed by atoms with Crippen molar-refractivity contribution < 1.29 is 27.5 Å². The molecule has 33 heavy (non-hydrogen) atoms. The van der Waals surface area contributed by atoms with Crippen LogP contribution in [0.25, 0.3) is 21.3 Å². The van der Waals surface area contributed by atoms with Crippen LogP contribution in [-0.4, -0.2) is 26.3 Å². The molecule has 1 N–H and O–H groups in total. The predicted molar refractivity (Wildman–Crippen MR) is 108 cm³/mol. The second-order valence-corrected chi connectivity index (χ2v) is 7.15. The van der Waals surface area contributed by atoms with Crippen LogP contribution in [-0.2, 0) is 17.4 Å². The third-order valence-electron chi connectivity index (χ3n) is 5.18. The number of aliphatic hydroxyl groups is 1. The average molecular weight is 701 g/mol. The van der Waals surface area contributed by atoms with Crippen LogP contribution >= 0.6 is 0 Å². The van der Waals surface area contributed by atoms with E-state index in [2.05, 4.69) is 9.94 Å². The number of carbonyl (C=O) groups is 1. The average Bonchev–Trinajstić information content (AvgIpc) is 3.19. The zero-order chi connectivity index (χ0) is 24.3. The van der Waals surface area contributed by atoms with Gasteiger partial charge in [-0.25, -0.2) is 9.24 Å². The fourth-order valence-corrected chi connectivity index (χ4v) is 3.20. The van der Waals surface area contributed by atoms with Gasteiger partial charge in [0.1, 0.15) is 11.4 Å². The summed E-state index contributed by atoms with van der Waals surface area (Å²) in [7, 11) is 0. The van der Waals surface area contributed by atoms with Crippen LogP contribution in [0.5, 0.6) is 0 Å². The molecule has 3 aromatic rings. The standard InChI is InChI=1S/C21H17F4N3O2.Es.NO/c1-12(28-18-6-4-5-16(22)14(18)11-27-28)20(2,30)19(29)10-13-7-8-17(26-3)15(9-13)21(23,24)25;;1-2/h4-9,11-12,30H,10H2,1-2H3;;/q;;-1/t12?,20-;;/m0../s1. The van der Waals surface area contributed by atoms with Crippen molar-refractivity contribution in [2.24, 2.45) is 0 Å². The first kappa shape index (κ1) is 26.4. The van der Waals surface area contributed by atoms with Crippen LogP contribution in [0.3, 0.4) is 0 Å². The van der Waals surface area contributed by atoms with Gasteiger partial charge in [0.15, 0.2) is 11.5 Å². The molecule has 2 atom stereocenters. The van der Waals surface area contributed by atoms with Crippen molar-refractivity contribution in [3.63, 3.8) is 0 Å². The summed E-state index contributed by atoms with van der Waals surface area (Å²) in [6.07, 6.45) is -3.94. The molecule has 0 spiro atoms. The Labute approximate surface area is 179 Å². The first-order chi connectivity index (χ1) is 15.0. The summed E-state index contributed by atoms with van der Waals surface area (Å²) in [5, 5.41) is 15.2. The molecule has 0 amide bonds. The largest absolute Gasteiger partial charge is 0.577 e. The summed E-state index contributed by atoms with van der Waals surface area (Å²) in [5.74, 6) is -1.24. The quantitative estimate of drug-likeness (QED) is 0.293. The molecule has 0 fully saturated rings. The number of carbonyl (C=O) groups excluding carboxylic acids is 1. The molecule has 0 aliphatic heterocycles. The monoisotopic (exact) mass is 701 g/mol. The van der Waals surface area contributed by atoms with E-state index in [1.54, 1.807) is 6.07 Å². The molecule has 179 valence electrons. The van der Waals surface area contributed by atoms with E-state index in [1.165, 1.54) is 42.9 Å². The number of nitrogens with zero attached hydrogens (tertiary/aromatic N) is 4. The van der Waals surface area contributed by atoms with Crippen molar-refractivity contribution in [3.05, 3.63) is 81.5 Å². The molecule has 0 saturated carbocycles. The normalized spacial score (nSPS) is 13.6. The van der Waals surface area contributed by atoms with E-state index >= 15 is 0 Å². The number of hydrogen-bond donors (Lipinski definition) is 1. The minimum Gasteiger partial charge on any atom is -0.577 e. The third-order valence-corrected chi connectivity index (χ3v) is 5.18. The summed E-state index contributed by atoms with van der Waals surface area (Å²) in [6.45, 7) is 9.63. The molecule has 2 aromatic carbocycles. The van der Waals surface area contributed by atoms with Gasteiger partial charge in [0.25, 0.3) is 0 Å². The molecular weight excluding hydrogens is 684 g/mol. The van der Waals surface area contributed by atoms with E-state index in [9.17, 15) is 27.5 Å². The van der Waals surface area contributed by atoms with Gasteiger partial charge in [-0.1, -0.05) is 24.3 Å². The second kappa shape index (κ2) is 9.65. The summed E-state index contributed by atoms with van der Waals surface area (Å²) in [4.78, 5) is 22.9. The van der Waals surface area contributed by atoms with Gasteiger partial charge >= 0.3 is 6.18 Å². The Hall–Kier alpha value is -4.65. The van der Waals surface area contributed by atoms with E-state index < -0.39 is 47.1 Å². The van der Waals surface area contributed by atoms with Crippen LogP contribution in [0, 0.1) is 17.3 Å². The Balaban J connectivity index is 0.00000177. The van der Waals surface area contributed by atoms with Gasteiger partial charge in [-0.15, -0.1) is 0 Å². The van der Waals surface area contributed by atoms with Gasteiger partial charge in [0.2, 0.25) is 0 Å². The Kier molecular flexibility index (Phi) is 7.72. The van der Waals surface area contributed by atoms with E-state index in [1.807, 2.05) is 0 Å². The minimum absolute atomic E-state index is 0. The molecule has 1 radical (unpaired) electrons. The van der Waals surface area contributed by atoms with E-state index in [0.29, 0.717) is 5.52 Å². The number of rotatable bonds is 5. The molecule has 0 aliphatic rings. The summed E-state index contributed by atoms with van der Waals surface area (Å²) >= 11 is 0. The number of fused-ring (bicyclic) bond motifs is 1. The number of hydrogen-bond acceptors (Lipinski definition) is 4. The van der Waals surface area contributed by atoms with Crippen LogP contribution < -0.4 is 0 Å². The molecule has 7 nitrogen and oxygen atoms in total. The maximum atomic E-state index is 13.9. The van der Waals surface area contributed by atoms with Crippen molar-refractivity contribution in [2.45, 2.75) is 38.1 Å². The molecule has 0 aliphatic carbocycles. The van der Waals surface area contributed by atoms with E-state index in [-0.39, 0.29) is 10.9 Å². The van der Waals surface area contributed by atoms with Gasteiger partial charge in [-0.3, -0.25) is 9.48 Å². The minimum atomic E-state index is -4.74. The zero-order valence-corrected chi connectivity index (χ0v) is 19.7. The Bertz CT molecular complexity index is 1190. The van der Waals surface area contributed by atoms with Crippen LogP contribution in [0.2, 0.25) is 0 Å². The number of nitroso groups, excluding NO2 is 1. The van der Waals surface area contributed by atoms with Crippen molar-refractivity contribution in [1.82, 2.24) is 9.78 Å². The number of aromatic nitrogens is 2. The van der Waals surface area contributed by atoms with Crippen molar-refractivity contribution >= 4 is 22.4 Å². The summed E-state index contributed by atoms with van der Waals surface area (Å²) in [6, 6.07) is 6.38. The Morgan fingerprint density at radius 2 is 1.91 bits per heavy atom. The Morgan fingerprint density at radius 1 is 1.27 bits per heavy atom. The van der Waals surface area contributed by atoms with Crippen molar-refractivity contribution in [1.29, 1.82) is 0 Å². The van der Waals surface area contributed by atoms with Crippen molar-refractivity contribution in [3.8, 4) is 0 Å². The molecular formula is C21H17EsF4N4O3-. The molecule has 0 bridgehead atoms. The molecule has 12 heteroatoms. The maximum absolute atomic E-state index is 13.9. The van der Waals surface area contributed by atoms with Gasteiger partial charge < -0.3 is 15.6 Å². The van der Waals surface area contributed by atoms with E-state index in [4.69, 9.17) is 17.1 Å². The predicted octanol–water partition coefficient (Wildman–Crippen LogP) is 5.19. The number of halogens is 4. The first-order valence-corrected chi connectivity index (χ1v) is 9.10. The number of ketones is 1. The third kappa shape index (κ3) is 4.99. The topological polar surface area (TPSA) is 98.8 Å². The van der Waals surface area contributed by atoms with Crippen LogP contribution in [0.4, 0.5) is 23.2 Å². The fourth-order valence-electron chi connectivity index (χ4n) is 3.20. The molecule has 1 unspecified atom stereocenters. The zero-order valence-electron chi connectivity index (χ0n) is 17.2. The second-order valence-electron chi connectivity index (χ2n) is 7.15. The number of benzene rings is 2. The Morgan fingerprint density at radius 3 is 2.48 bits per heavy atom.